The van der Waals surface area contributed by atoms with Gasteiger partial charge in [0, 0.05) is 10.6 Å². The van der Waals surface area contributed by atoms with Crippen LogP contribution in [0.5, 0.6) is 11.5 Å². The molecule has 21 heavy (non-hydrogen) atoms. The molecule has 0 saturated heterocycles. The second-order valence-corrected chi connectivity index (χ2v) is 7.82. The molecule has 0 aromatic heterocycles. The van der Waals surface area contributed by atoms with Crippen molar-refractivity contribution in [2.24, 2.45) is 0 Å². The van der Waals surface area contributed by atoms with Gasteiger partial charge in [-0.15, -0.1) is 37.0 Å². The van der Waals surface area contributed by atoms with Gasteiger partial charge in [0.15, 0.2) is 11.5 Å². The van der Waals surface area contributed by atoms with Crippen molar-refractivity contribution in [3.63, 3.8) is 0 Å². The molecule has 3 rings (SSSR count). The molecule has 0 saturated carbocycles. The van der Waals surface area contributed by atoms with Gasteiger partial charge in [-0.05, 0) is 44.1 Å². The van der Waals surface area contributed by atoms with Crippen LogP contribution in [0.15, 0.2) is 24.3 Å². The minimum atomic E-state index is -0.450. The standard InChI is InChI=1S/C13H16NO2P5/c17-5-1-7-11(9(19)3-5)15-13(21)16-12-8(14-7)2-6(18)4-10(12)20/h1-4,13-14H,17-21H2. The van der Waals surface area contributed by atoms with Crippen LogP contribution in [0.1, 0.15) is 0 Å². The molecule has 110 valence electrons. The number of rotatable bonds is 0. The third-order valence-corrected chi connectivity index (χ3v) is 4.81. The maximum absolute atomic E-state index is 5.90. The second-order valence-electron chi connectivity index (χ2n) is 4.70. The summed E-state index contributed by atoms with van der Waals surface area (Å²) in [6.07, 6.45) is 0. The van der Waals surface area contributed by atoms with E-state index in [1.165, 1.54) is 0 Å². The van der Waals surface area contributed by atoms with Crippen LogP contribution in [-0.4, -0.2) is 6.03 Å². The Morgan fingerprint density at radius 2 is 1.19 bits per heavy atom. The molecule has 1 aliphatic heterocycles. The Morgan fingerprint density at radius 3 is 1.62 bits per heavy atom. The zero-order valence-electron chi connectivity index (χ0n) is 11.1. The Hall–Kier alpha value is -0.0100. The van der Waals surface area contributed by atoms with Gasteiger partial charge in [0.25, 0.3) is 6.03 Å². The molecule has 1 aliphatic rings. The van der Waals surface area contributed by atoms with Crippen LogP contribution in [0.4, 0.5) is 11.4 Å². The summed E-state index contributed by atoms with van der Waals surface area (Å²) in [5, 5.41) is 7.56. The summed E-state index contributed by atoms with van der Waals surface area (Å²) in [4.78, 5) is 0. The Morgan fingerprint density at radius 1 is 0.762 bits per heavy atom. The Labute approximate surface area is 135 Å². The Balaban J connectivity index is 2.19. The van der Waals surface area contributed by atoms with Gasteiger partial charge in [0.2, 0.25) is 0 Å². The lowest BCUT2D eigenvalue weighted by atomic mass is 10.2. The molecule has 5 atom stereocenters. The first-order valence-electron chi connectivity index (χ1n) is 6.18. The molecule has 0 bridgehead atoms. The van der Waals surface area contributed by atoms with Crippen LogP contribution in [-0.2, 0) is 0 Å². The molecular weight excluding hydrogens is 357 g/mol. The minimum absolute atomic E-state index is 0.450. The predicted molar refractivity (Wildman–Crippen MR) is 108 cm³/mol. The van der Waals surface area contributed by atoms with Crippen LogP contribution in [0.3, 0.4) is 0 Å². The van der Waals surface area contributed by atoms with Crippen molar-refractivity contribution in [1.82, 2.24) is 0 Å². The van der Waals surface area contributed by atoms with Crippen molar-refractivity contribution >= 4 is 78.8 Å². The first-order chi connectivity index (χ1) is 9.94. The molecule has 2 aromatic rings. The number of hydrogen-bond acceptors (Lipinski definition) is 3. The third kappa shape index (κ3) is 3.34. The third-order valence-electron chi connectivity index (χ3n) is 3.02. The van der Waals surface area contributed by atoms with Gasteiger partial charge in [-0.3, -0.25) is 0 Å². The van der Waals surface area contributed by atoms with Gasteiger partial charge in [0.05, 0.1) is 11.4 Å². The van der Waals surface area contributed by atoms with Crippen molar-refractivity contribution in [1.29, 1.82) is 0 Å². The fourth-order valence-corrected chi connectivity index (χ4v) is 4.38. The molecule has 0 fully saturated rings. The number of fused-ring (bicyclic) bond motifs is 2. The number of anilines is 2. The maximum Gasteiger partial charge on any atom is 0.252 e. The summed E-state index contributed by atoms with van der Waals surface area (Å²) in [5.41, 5.74) is 1.84. The summed E-state index contributed by atoms with van der Waals surface area (Å²) in [5.74, 6) is 1.55. The van der Waals surface area contributed by atoms with E-state index in [0.29, 0.717) is 0 Å². The van der Waals surface area contributed by atoms with E-state index in [4.69, 9.17) is 9.47 Å². The highest BCUT2D eigenvalue weighted by molar-refractivity contribution is 7.30. The summed E-state index contributed by atoms with van der Waals surface area (Å²) < 4.78 is 11.8. The molecule has 2 aromatic carbocycles. The van der Waals surface area contributed by atoms with Gasteiger partial charge < -0.3 is 14.8 Å². The van der Waals surface area contributed by atoms with E-state index in [1.807, 2.05) is 24.3 Å². The van der Waals surface area contributed by atoms with Gasteiger partial charge in [-0.1, -0.05) is 0 Å². The summed E-state index contributed by atoms with van der Waals surface area (Å²) in [6.45, 7) is 0. The van der Waals surface area contributed by atoms with Gasteiger partial charge in [-0.2, -0.15) is 0 Å². The fraction of sp³-hybridized carbons (Fsp3) is 0.0769. The molecule has 5 unspecified atom stereocenters. The molecule has 0 aliphatic carbocycles. The molecule has 8 heteroatoms. The quantitative estimate of drug-likeness (QED) is 0.708. The van der Waals surface area contributed by atoms with E-state index in [-0.39, 0.29) is 0 Å². The Bertz CT molecular complexity index is 663. The first kappa shape index (κ1) is 15.9. The minimum Gasteiger partial charge on any atom is -0.449 e. The van der Waals surface area contributed by atoms with E-state index in [9.17, 15) is 0 Å². The number of nitrogens with one attached hydrogen (secondary N) is 1. The van der Waals surface area contributed by atoms with Crippen LogP contribution in [0.25, 0.3) is 0 Å². The summed E-state index contributed by atoms with van der Waals surface area (Å²) >= 11 is 0. The number of benzene rings is 2. The summed E-state index contributed by atoms with van der Waals surface area (Å²) in [6, 6.07) is 7.69. The molecule has 0 spiro atoms. The predicted octanol–water partition coefficient (Wildman–Crippen LogP) is 1.36. The van der Waals surface area contributed by atoms with E-state index in [1.54, 1.807) is 0 Å². The molecule has 1 N–H and O–H groups in total. The maximum atomic E-state index is 5.90. The highest BCUT2D eigenvalue weighted by Crippen LogP contribution is 2.36. The number of ether oxygens (including phenoxy) is 2. The van der Waals surface area contributed by atoms with Crippen molar-refractivity contribution in [2.75, 3.05) is 5.32 Å². The highest BCUT2D eigenvalue weighted by Gasteiger charge is 2.21. The lowest BCUT2D eigenvalue weighted by Crippen LogP contribution is -2.25. The zero-order valence-corrected chi connectivity index (χ0v) is 16.9. The lowest BCUT2D eigenvalue weighted by molar-refractivity contribution is 0.0857. The molecule has 1 heterocycles. The monoisotopic (exact) mass is 373 g/mol. The highest BCUT2D eigenvalue weighted by atomic mass is 31.0. The van der Waals surface area contributed by atoms with Crippen molar-refractivity contribution in [2.45, 2.75) is 6.03 Å². The molecule has 3 nitrogen and oxygen atoms in total. The number of hydrogen-bond donors (Lipinski definition) is 1. The van der Waals surface area contributed by atoms with Crippen molar-refractivity contribution in [3.05, 3.63) is 24.3 Å². The van der Waals surface area contributed by atoms with Gasteiger partial charge >= 0.3 is 0 Å². The van der Waals surface area contributed by atoms with E-state index in [0.717, 1.165) is 44.1 Å². The van der Waals surface area contributed by atoms with E-state index < -0.39 is 6.03 Å². The normalized spacial score (nSPS) is 14.0. The van der Waals surface area contributed by atoms with Crippen molar-refractivity contribution in [3.8, 4) is 11.5 Å². The van der Waals surface area contributed by atoms with Gasteiger partial charge in [-0.25, -0.2) is 0 Å². The lowest BCUT2D eigenvalue weighted by Gasteiger charge is -2.27. The van der Waals surface area contributed by atoms with E-state index >= 15 is 0 Å². The zero-order chi connectivity index (χ0) is 15.1. The fourth-order valence-electron chi connectivity index (χ4n) is 2.20. The topological polar surface area (TPSA) is 30.5 Å². The first-order valence-corrected chi connectivity index (χ1v) is 9.15. The SMILES string of the molecule is Pc1cc(P)c2c(c1)Nc1cc(P)cc(P)c1OC(P)O2. The average molecular weight is 373 g/mol. The van der Waals surface area contributed by atoms with Crippen molar-refractivity contribution < 1.29 is 9.47 Å². The molecular formula is C13H16NO2P5. The summed E-state index contributed by atoms with van der Waals surface area (Å²) in [7, 11) is 13.4. The Kier molecular flexibility index (Phi) is 4.72. The van der Waals surface area contributed by atoms with Crippen LogP contribution < -0.4 is 36.0 Å². The smallest absolute Gasteiger partial charge is 0.252 e. The average Bonchev–Trinajstić information content (AvgIpc) is 2.36. The van der Waals surface area contributed by atoms with Crippen LogP contribution >= 0.6 is 46.2 Å². The molecule has 0 radical (unpaired) electrons. The van der Waals surface area contributed by atoms with Gasteiger partial charge in [0.1, 0.15) is 0 Å². The van der Waals surface area contributed by atoms with E-state index in [2.05, 4.69) is 51.5 Å². The molecule has 0 amide bonds. The second kappa shape index (κ2) is 6.24. The largest absolute Gasteiger partial charge is 0.449 e. The van der Waals surface area contributed by atoms with Crippen LogP contribution in [0.2, 0.25) is 0 Å². The van der Waals surface area contributed by atoms with Crippen LogP contribution in [0, 0.1) is 0 Å².